The van der Waals surface area contributed by atoms with E-state index in [2.05, 4.69) is 18.9 Å². The molecular weight excluding hydrogens is 278 g/mol. The average Bonchev–Trinajstić information content (AvgIpc) is 3.00. The quantitative estimate of drug-likeness (QED) is 0.904. The van der Waals surface area contributed by atoms with Gasteiger partial charge in [-0.2, -0.15) is 5.10 Å². The van der Waals surface area contributed by atoms with Crippen LogP contribution < -0.4 is 0 Å². The minimum absolute atomic E-state index is 0.151. The molecule has 2 rings (SSSR count). The van der Waals surface area contributed by atoms with E-state index in [-0.39, 0.29) is 17.9 Å². The number of carbonyl (C=O) groups is 1. The zero-order valence-corrected chi connectivity index (χ0v) is 14.5. The molecule has 124 valence electrons. The van der Waals surface area contributed by atoms with E-state index in [4.69, 9.17) is 0 Å². The first-order valence-corrected chi connectivity index (χ1v) is 8.28. The minimum atomic E-state index is -0.338. The van der Waals surface area contributed by atoms with Crippen molar-refractivity contribution in [3.05, 3.63) is 17.0 Å². The highest BCUT2D eigenvalue weighted by Gasteiger charge is 2.29. The van der Waals surface area contributed by atoms with Crippen molar-refractivity contribution >= 4 is 5.91 Å². The molecule has 0 aliphatic carbocycles. The number of aliphatic hydroxyl groups is 1. The fraction of sp³-hybridized carbons (Fsp3) is 0.765. The highest BCUT2D eigenvalue weighted by Crippen LogP contribution is 2.22. The Morgan fingerprint density at radius 3 is 2.59 bits per heavy atom. The Hall–Kier alpha value is -1.36. The van der Waals surface area contributed by atoms with Gasteiger partial charge in [-0.15, -0.1) is 0 Å². The first-order chi connectivity index (χ1) is 10.3. The molecule has 1 aliphatic heterocycles. The maximum absolute atomic E-state index is 12.5. The van der Waals surface area contributed by atoms with E-state index >= 15 is 0 Å². The van der Waals surface area contributed by atoms with Gasteiger partial charge < -0.3 is 10.0 Å². The zero-order valence-electron chi connectivity index (χ0n) is 14.5. The Bertz CT molecular complexity index is 534. The predicted octanol–water partition coefficient (Wildman–Crippen LogP) is 1.93. The summed E-state index contributed by atoms with van der Waals surface area (Å²) in [7, 11) is 0. The largest absolute Gasteiger partial charge is 0.393 e. The first kappa shape index (κ1) is 17.0. The van der Waals surface area contributed by atoms with Crippen LogP contribution in [0, 0.1) is 25.7 Å². The van der Waals surface area contributed by atoms with Crippen molar-refractivity contribution in [1.82, 2.24) is 14.7 Å². The number of likely N-dealkylation sites (tertiary alicyclic amines) is 1. The van der Waals surface area contributed by atoms with Crippen molar-refractivity contribution in [2.24, 2.45) is 11.8 Å². The fourth-order valence-electron chi connectivity index (χ4n) is 3.18. The molecule has 0 aromatic carbocycles. The van der Waals surface area contributed by atoms with Crippen LogP contribution in [-0.4, -0.2) is 44.9 Å². The summed E-state index contributed by atoms with van der Waals surface area (Å²) in [5.41, 5.74) is 3.12. The minimum Gasteiger partial charge on any atom is -0.393 e. The number of amides is 1. The molecule has 2 unspecified atom stereocenters. The second kappa shape index (κ2) is 6.82. The van der Waals surface area contributed by atoms with Crippen LogP contribution in [0.15, 0.2) is 0 Å². The Labute approximate surface area is 133 Å². The van der Waals surface area contributed by atoms with Gasteiger partial charge in [0.2, 0.25) is 5.91 Å². The van der Waals surface area contributed by atoms with Crippen LogP contribution in [0.1, 0.15) is 44.1 Å². The Morgan fingerprint density at radius 2 is 2.05 bits per heavy atom. The molecule has 0 spiro atoms. The highest BCUT2D eigenvalue weighted by molar-refractivity contribution is 5.79. The highest BCUT2D eigenvalue weighted by atomic mass is 16.3. The van der Waals surface area contributed by atoms with E-state index < -0.39 is 0 Å². The standard InChI is InChI=1S/C17H29N3O2/c1-11(2)9-20-13(4)16(12(3)18-20)8-17(22)19-7-6-15(10-19)14(5)21/h11,14-15,21H,6-10H2,1-5H3. The van der Waals surface area contributed by atoms with Crippen molar-refractivity contribution in [2.45, 2.75) is 60.1 Å². The molecule has 2 atom stereocenters. The summed E-state index contributed by atoms with van der Waals surface area (Å²) >= 11 is 0. The van der Waals surface area contributed by atoms with Gasteiger partial charge >= 0.3 is 0 Å². The lowest BCUT2D eigenvalue weighted by Gasteiger charge is -2.18. The number of nitrogens with zero attached hydrogens (tertiary/aromatic N) is 3. The van der Waals surface area contributed by atoms with Gasteiger partial charge in [-0.05, 0) is 33.1 Å². The first-order valence-electron chi connectivity index (χ1n) is 8.28. The van der Waals surface area contributed by atoms with Crippen molar-refractivity contribution in [3.63, 3.8) is 0 Å². The smallest absolute Gasteiger partial charge is 0.227 e. The van der Waals surface area contributed by atoms with Crippen LogP contribution in [0.3, 0.4) is 0 Å². The summed E-state index contributed by atoms with van der Waals surface area (Å²) in [5.74, 6) is 0.903. The third-order valence-corrected chi connectivity index (χ3v) is 4.66. The number of hydrogen-bond donors (Lipinski definition) is 1. The number of aromatic nitrogens is 2. The molecule has 2 heterocycles. The third-order valence-electron chi connectivity index (χ3n) is 4.66. The Morgan fingerprint density at radius 1 is 1.36 bits per heavy atom. The number of hydrogen-bond acceptors (Lipinski definition) is 3. The molecule has 1 aromatic rings. The SMILES string of the molecule is Cc1nn(CC(C)C)c(C)c1CC(=O)N1CCC(C(C)O)C1. The summed E-state index contributed by atoms with van der Waals surface area (Å²) in [4.78, 5) is 14.4. The van der Waals surface area contributed by atoms with Crippen LogP contribution in [0.5, 0.6) is 0 Å². The summed E-state index contributed by atoms with van der Waals surface area (Å²) in [5, 5.41) is 14.2. The number of carbonyl (C=O) groups excluding carboxylic acids is 1. The molecular formula is C17H29N3O2. The summed E-state index contributed by atoms with van der Waals surface area (Å²) < 4.78 is 2.02. The monoisotopic (exact) mass is 307 g/mol. The van der Waals surface area contributed by atoms with Gasteiger partial charge in [0.15, 0.2) is 0 Å². The molecule has 5 nitrogen and oxygen atoms in total. The van der Waals surface area contributed by atoms with Crippen molar-refractivity contribution in [1.29, 1.82) is 0 Å². The third kappa shape index (κ3) is 3.69. The maximum atomic E-state index is 12.5. The summed E-state index contributed by atoms with van der Waals surface area (Å²) in [6.07, 6.45) is 0.978. The second-order valence-electron chi connectivity index (χ2n) is 7.03. The molecule has 1 saturated heterocycles. The van der Waals surface area contributed by atoms with Gasteiger partial charge in [-0.3, -0.25) is 9.48 Å². The molecule has 1 aromatic heterocycles. The van der Waals surface area contributed by atoms with Crippen LogP contribution in [-0.2, 0) is 17.8 Å². The van der Waals surface area contributed by atoms with Gasteiger partial charge in [-0.1, -0.05) is 13.8 Å². The van der Waals surface area contributed by atoms with Crippen LogP contribution >= 0.6 is 0 Å². The van der Waals surface area contributed by atoms with Gasteiger partial charge in [0.25, 0.3) is 0 Å². The van der Waals surface area contributed by atoms with Gasteiger partial charge in [0, 0.05) is 36.8 Å². The normalized spacial score (nSPS) is 20.0. The van der Waals surface area contributed by atoms with Gasteiger partial charge in [0.05, 0.1) is 18.2 Å². The van der Waals surface area contributed by atoms with E-state index in [9.17, 15) is 9.90 Å². The van der Waals surface area contributed by atoms with Crippen LogP contribution in [0.25, 0.3) is 0 Å². The molecule has 1 aliphatic rings. The molecule has 0 bridgehead atoms. The van der Waals surface area contributed by atoms with Gasteiger partial charge in [0.1, 0.15) is 0 Å². The van der Waals surface area contributed by atoms with E-state index in [1.54, 1.807) is 0 Å². The molecule has 0 saturated carbocycles. The lowest BCUT2D eigenvalue weighted by molar-refractivity contribution is -0.129. The summed E-state index contributed by atoms with van der Waals surface area (Å²) in [6.45, 7) is 12.5. The molecule has 22 heavy (non-hydrogen) atoms. The summed E-state index contributed by atoms with van der Waals surface area (Å²) in [6, 6.07) is 0. The maximum Gasteiger partial charge on any atom is 0.227 e. The zero-order chi connectivity index (χ0) is 16.4. The van der Waals surface area contributed by atoms with Crippen molar-refractivity contribution < 1.29 is 9.90 Å². The Kier molecular flexibility index (Phi) is 5.27. The van der Waals surface area contributed by atoms with Crippen molar-refractivity contribution in [3.8, 4) is 0 Å². The number of aryl methyl sites for hydroxylation is 1. The molecule has 0 radical (unpaired) electrons. The number of rotatable bonds is 5. The van der Waals surface area contributed by atoms with Crippen LogP contribution in [0.4, 0.5) is 0 Å². The molecule has 5 heteroatoms. The lowest BCUT2D eigenvalue weighted by atomic mass is 10.0. The number of aliphatic hydroxyl groups excluding tert-OH is 1. The van der Waals surface area contributed by atoms with Crippen molar-refractivity contribution in [2.75, 3.05) is 13.1 Å². The van der Waals surface area contributed by atoms with E-state index in [1.807, 2.05) is 30.4 Å². The molecule has 1 fully saturated rings. The van der Waals surface area contributed by atoms with E-state index in [0.29, 0.717) is 18.9 Å². The molecule has 1 amide bonds. The molecule has 1 N–H and O–H groups in total. The average molecular weight is 307 g/mol. The van der Waals surface area contributed by atoms with E-state index in [1.165, 1.54) is 0 Å². The van der Waals surface area contributed by atoms with E-state index in [0.717, 1.165) is 36.5 Å². The van der Waals surface area contributed by atoms with Crippen LogP contribution in [0.2, 0.25) is 0 Å². The van der Waals surface area contributed by atoms with Gasteiger partial charge in [-0.25, -0.2) is 0 Å². The Balaban J connectivity index is 2.05. The predicted molar refractivity (Wildman–Crippen MR) is 86.6 cm³/mol. The lowest BCUT2D eigenvalue weighted by Crippen LogP contribution is -2.31. The second-order valence-corrected chi connectivity index (χ2v) is 7.03. The topological polar surface area (TPSA) is 58.4 Å². The fourth-order valence-corrected chi connectivity index (χ4v) is 3.18.